The van der Waals surface area contributed by atoms with E-state index < -0.39 is 16.8 Å². The monoisotopic (exact) mass is 220 g/mol. The zero-order valence-corrected chi connectivity index (χ0v) is 8.25. The first kappa shape index (κ1) is 12.8. The highest BCUT2D eigenvalue weighted by atomic mass is 35.5. The van der Waals surface area contributed by atoms with Crippen molar-refractivity contribution in [2.45, 2.75) is 13.0 Å². The topological polar surface area (TPSA) is 69.2 Å². The molecule has 1 atom stereocenters. The highest BCUT2D eigenvalue weighted by Gasteiger charge is 2.16. The van der Waals surface area contributed by atoms with Gasteiger partial charge in [0.15, 0.2) is 0 Å². The normalized spacial score (nSPS) is 11.6. The van der Waals surface area contributed by atoms with Crippen molar-refractivity contribution >= 4 is 18.1 Å². The van der Waals surface area contributed by atoms with E-state index in [9.17, 15) is 14.5 Å². The molecule has 0 aliphatic carbocycles. The second kappa shape index (κ2) is 4.88. The van der Waals surface area contributed by atoms with Gasteiger partial charge in [-0.1, -0.05) is 0 Å². The van der Waals surface area contributed by atoms with Gasteiger partial charge in [0.25, 0.3) is 5.69 Å². The minimum absolute atomic E-state index is 0. The van der Waals surface area contributed by atoms with Gasteiger partial charge in [-0.05, 0) is 19.1 Å². The molecular formula is C8H10ClFN2O2. The van der Waals surface area contributed by atoms with Gasteiger partial charge in [0.2, 0.25) is 0 Å². The van der Waals surface area contributed by atoms with E-state index in [-0.39, 0.29) is 23.7 Å². The van der Waals surface area contributed by atoms with Gasteiger partial charge in [0.1, 0.15) is 5.82 Å². The molecule has 0 aromatic heterocycles. The first-order chi connectivity index (χ1) is 6.02. The minimum atomic E-state index is -0.571. The maximum absolute atomic E-state index is 12.7. The molecular weight excluding hydrogens is 211 g/mol. The fraction of sp³-hybridized carbons (Fsp3) is 0.250. The number of nitrogens with zero attached hydrogens (tertiary/aromatic N) is 1. The quantitative estimate of drug-likeness (QED) is 0.614. The van der Waals surface area contributed by atoms with Crippen molar-refractivity contribution in [3.05, 3.63) is 39.7 Å². The Morgan fingerprint density at radius 2 is 2.14 bits per heavy atom. The van der Waals surface area contributed by atoms with Crippen LogP contribution in [-0.4, -0.2) is 4.92 Å². The van der Waals surface area contributed by atoms with Gasteiger partial charge in [0, 0.05) is 17.7 Å². The SMILES string of the molecule is C[C@@H](N)c1cc(F)ccc1[N+](=O)[O-].Cl. The van der Waals surface area contributed by atoms with Crippen molar-refractivity contribution in [3.8, 4) is 0 Å². The van der Waals surface area contributed by atoms with Gasteiger partial charge >= 0.3 is 0 Å². The Labute approximate surface area is 86.5 Å². The number of nitrogens with two attached hydrogens (primary N) is 1. The van der Waals surface area contributed by atoms with Crippen molar-refractivity contribution in [2.24, 2.45) is 5.73 Å². The van der Waals surface area contributed by atoms with E-state index in [2.05, 4.69) is 0 Å². The summed E-state index contributed by atoms with van der Waals surface area (Å²) in [5.41, 5.74) is 5.52. The fourth-order valence-corrected chi connectivity index (χ4v) is 1.06. The van der Waals surface area contributed by atoms with E-state index in [4.69, 9.17) is 5.73 Å². The lowest BCUT2D eigenvalue weighted by atomic mass is 10.1. The Balaban J connectivity index is 0.00000169. The Hall–Kier alpha value is -1.20. The van der Waals surface area contributed by atoms with Crippen molar-refractivity contribution in [2.75, 3.05) is 0 Å². The van der Waals surface area contributed by atoms with Gasteiger partial charge in [0.05, 0.1) is 4.92 Å². The second-order valence-corrected chi connectivity index (χ2v) is 2.75. The third-order valence-corrected chi connectivity index (χ3v) is 1.68. The first-order valence-electron chi connectivity index (χ1n) is 3.72. The predicted molar refractivity (Wildman–Crippen MR) is 52.9 cm³/mol. The average Bonchev–Trinajstić information content (AvgIpc) is 2.03. The van der Waals surface area contributed by atoms with Crippen LogP contribution in [0.3, 0.4) is 0 Å². The summed E-state index contributed by atoms with van der Waals surface area (Å²) in [5, 5.41) is 10.5. The van der Waals surface area contributed by atoms with Gasteiger partial charge in [-0.2, -0.15) is 0 Å². The van der Waals surface area contributed by atoms with E-state index in [1.165, 1.54) is 0 Å². The van der Waals surface area contributed by atoms with Crippen molar-refractivity contribution in [1.82, 2.24) is 0 Å². The van der Waals surface area contributed by atoms with Crippen LogP contribution in [0, 0.1) is 15.9 Å². The van der Waals surface area contributed by atoms with Crippen molar-refractivity contribution in [1.29, 1.82) is 0 Å². The zero-order valence-electron chi connectivity index (χ0n) is 7.44. The molecule has 0 aliphatic rings. The maximum atomic E-state index is 12.7. The molecule has 1 aromatic carbocycles. The Bertz CT molecular complexity index is 344. The number of hydrogen-bond donors (Lipinski definition) is 1. The molecule has 14 heavy (non-hydrogen) atoms. The molecule has 6 heteroatoms. The molecule has 0 amide bonds. The Morgan fingerprint density at radius 3 is 2.57 bits per heavy atom. The molecule has 0 fully saturated rings. The molecule has 78 valence electrons. The number of benzene rings is 1. The summed E-state index contributed by atoms with van der Waals surface area (Å²) in [4.78, 5) is 9.89. The largest absolute Gasteiger partial charge is 0.324 e. The third kappa shape index (κ3) is 2.65. The van der Waals surface area contributed by atoms with Crippen LogP contribution in [0.4, 0.5) is 10.1 Å². The highest BCUT2D eigenvalue weighted by molar-refractivity contribution is 5.85. The summed E-state index contributed by atoms with van der Waals surface area (Å²) in [5.74, 6) is -0.516. The summed E-state index contributed by atoms with van der Waals surface area (Å²) >= 11 is 0. The van der Waals surface area contributed by atoms with Crippen molar-refractivity contribution in [3.63, 3.8) is 0 Å². The lowest BCUT2D eigenvalue weighted by Crippen LogP contribution is -2.08. The number of halogens is 2. The molecule has 4 nitrogen and oxygen atoms in total. The molecule has 1 aromatic rings. The molecule has 0 saturated carbocycles. The molecule has 0 bridgehead atoms. The van der Waals surface area contributed by atoms with Gasteiger partial charge in [-0.15, -0.1) is 12.4 Å². The van der Waals surface area contributed by atoms with Gasteiger partial charge in [-0.25, -0.2) is 4.39 Å². The summed E-state index contributed by atoms with van der Waals surface area (Å²) < 4.78 is 12.7. The lowest BCUT2D eigenvalue weighted by Gasteiger charge is -2.05. The van der Waals surface area contributed by atoms with Crippen molar-refractivity contribution < 1.29 is 9.31 Å². The summed E-state index contributed by atoms with van der Waals surface area (Å²) in [6, 6.07) is 2.71. The van der Waals surface area contributed by atoms with Crippen LogP contribution < -0.4 is 5.73 Å². The molecule has 0 heterocycles. The Kier molecular flexibility index (Phi) is 4.46. The van der Waals surface area contributed by atoms with E-state index in [1.807, 2.05) is 0 Å². The fourth-order valence-electron chi connectivity index (χ4n) is 1.06. The molecule has 1 rings (SSSR count). The van der Waals surface area contributed by atoms with E-state index in [0.29, 0.717) is 0 Å². The predicted octanol–water partition coefficient (Wildman–Crippen LogP) is 2.18. The van der Waals surface area contributed by atoms with Crippen LogP contribution >= 0.6 is 12.4 Å². The van der Waals surface area contributed by atoms with Crippen LogP contribution in [0.5, 0.6) is 0 Å². The lowest BCUT2D eigenvalue weighted by molar-refractivity contribution is -0.385. The van der Waals surface area contributed by atoms with Crippen LogP contribution in [0.15, 0.2) is 18.2 Å². The molecule has 2 N–H and O–H groups in total. The zero-order chi connectivity index (χ0) is 10.0. The number of nitro benzene ring substituents is 1. The number of nitro groups is 1. The minimum Gasteiger partial charge on any atom is -0.324 e. The van der Waals surface area contributed by atoms with E-state index in [1.54, 1.807) is 6.92 Å². The summed E-state index contributed by atoms with van der Waals surface area (Å²) in [7, 11) is 0. The molecule has 0 unspecified atom stereocenters. The van der Waals surface area contributed by atoms with Crippen LogP contribution in [0.1, 0.15) is 18.5 Å². The summed E-state index contributed by atoms with van der Waals surface area (Å²) in [6.45, 7) is 1.57. The smallest absolute Gasteiger partial charge is 0.274 e. The van der Waals surface area contributed by atoms with Crippen LogP contribution in [-0.2, 0) is 0 Å². The number of rotatable bonds is 2. The van der Waals surface area contributed by atoms with Crippen LogP contribution in [0.25, 0.3) is 0 Å². The maximum Gasteiger partial charge on any atom is 0.274 e. The molecule has 0 aliphatic heterocycles. The first-order valence-corrected chi connectivity index (χ1v) is 3.72. The highest BCUT2D eigenvalue weighted by Crippen LogP contribution is 2.23. The molecule has 0 spiro atoms. The molecule has 0 saturated heterocycles. The molecule has 0 radical (unpaired) electrons. The van der Waals surface area contributed by atoms with E-state index >= 15 is 0 Å². The standard InChI is InChI=1S/C8H9FN2O2.ClH/c1-5(10)7-4-6(9)2-3-8(7)11(12)13;/h2-5H,10H2,1H3;1H/t5-;/m1./s1. The average molecular weight is 221 g/mol. The third-order valence-electron chi connectivity index (χ3n) is 1.68. The van der Waals surface area contributed by atoms with Crippen LogP contribution in [0.2, 0.25) is 0 Å². The summed E-state index contributed by atoms with van der Waals surface area (Å²) in [6.07, 6.45) is 0. The van der Waals surface area contributed by atoms with Gasteiger partial charge < -0.3 is 5.73 Å². The second-order valence-electron chi connectivity index (χ2n) is 2.75. The van der Waals surface area contributed by atoms with E-state index in [0.717, 1.165) is 18.2 Å². The number of hydrogen-bond acceptors (Lipinski definition) is 3. The Morgan fingerprint density at radius 1 is 1.57 bits per heavy atom. The van der Waals surface area contributed by atoms with Gasteiger partial charge in [-0.3, -0.25) is 10.1 Å².